The molecule has 1 N–H and O–H groups in total. The molecule has 1 heterocycles. The van der Waals surface area contributed by atoms with Gasteiger partial charge in [0.05, 0.1) is 15.9 Å². The second kappa shape index (κ2) is 6.38. The van der Waals surface area contributed by atoms with E-state index in [1.807, 2.05) is 19.9 Å². The minimum atomic E-state index is -3.87. The van der Waals surface area contributed by atoms with Crippen molar-refractivity contribution in [2.45, 2.75) is 25.7 Å². The van der Waals surface area contributed by atoms with Crippen molar-refractivity contribution in [3.05, 3.63) is 67.7 Å². The normalized spacial score (nSPS) is 11.7. The van der Waals surface area contributed by atoms with Gasteiger partial charge in [0.1, 0.15) is 0 Å². The summed E-state index contributed by atoms with van der Waals surface area (Å²) in [5.74, 6) is 0. The number of benzene rings is 2. The fourth-order valence-electron chi connectivity index (χ4n) is 3.24. The molecule has 0 amide bonds. The number of hydrogen-bond donors (Lipinski definition) is 1. The lowest BCUT2D eigenvalue weighted by atomic mass is 10.1. The Kier molecular flexibility index (Phi) is 4.47. The lowest BCUT2D eigenvalue weighted by molar-refractivity contribution is 0.600. The Balaban J connectivity index is 2.22. The predicted molar refractivity (Wildman–Crippen MR) is 106 cm³/mol. The summed E-state index contributed by atoms with van der Waals surface area (Å²) in [7, 11) is -0.927. The van der Waals surface area contributed by atoms with Gasteiger partial charge in [-0.25, -0.2) is 8.42 Å². The Bertz CT molecular complexity index is 1280. The number of nitrogens with zero attached hydrogens (tertiary/aromatic N) is 2. The van der Waals surface area contributed by atoms with Crippen LogP contribution >= 0.6 is 0 Å². The number of aryl methyl sites for hydroxylation is 5. The standard InChI is InChI=1S/C19H21N3O4S/c1-11-6-12(2)8-14(7-11)20-27(25,26)17-10-16-15(9-13(17)3)21(4)18(23)19(24)22(16)5/h6-10,20H,1-5H3. The van der Waals surface area contributed by atoms with Gasteiger partial charge in [-0.3, -0.25) is 14.3 Å². The Morgan fingerprint density at radius 3 is 1.78 bits per heavy atom. The molecule has 3 rings (SSSR count). The van der Waals surface area contributed by atoms with Crippen LogP contribution in [0.5, 0.6) is 0 Å². The minimum Gasteiger partial charge on any atom is -0.305 e. The third kappa shape index (κ3) is 3.28. The highest BCUT2D eigenvalue weighted by Crippen LogP contribution is 2.24. The van der Waals surface area contributed by atoms with Crippen LogP contribution < -0.4 is 15.8 Å². The molecule has 142 valence electrons. The minimum absolute atomic E-state index is 0.0582. The summed E-state index contributed by atoms with van der Waals surface area (Å²) >= 11 is 0. The second-order valence-corrected chi connectivity index (χ2v) is 8.47. The maximum atomic E-state index is 13.0. The SMILES string of the molecule is Cc1cc(C)cc(NS(=O)(=O)c2cc3c(cc2C)n(C)c(=O)c(=O)n3C)c1. The smallest absolute Gasteiger partial charge is 0.305 e. The summed E-state index contributed by atoms with van der Waals surface area (Å²) in [6, 6.07) is 8.48. The fraction of sp³-hybridized carbons (Fsp3) is 0.263. The van der Waals surface area contributed by atoms with Crippen molar-refractivity contribution < 1.29 is 8.42 Å². The van der Waals surface area contributed by atoms with Crippen molar-refractivity contribution in [1.29, 1.82) is 0 Å². The highest BCUT2D eigenvalue weighted by molar-refractivity contribution is 7.92. The van der Waals surface area contributed by atoms with Gasteiger partial charge in [0.25, 0.3) is 10.0 Å². The van der Waals surface area contributed by atoms with Gasteiger partial charge in [0, 0.05) is 19.8 Å². The van der Waals surface area contributed by atoms with Gasteiger partial charge < -0.3 is 9.13 Å². The van der Waals surface area contributed by atoms with Crippen LogP contribution in [0.25, 0.3) is 11.0 Å². The van der Waals surface area contributed by atoms with Crippen LogP contribution in [0.2, 0.25) is 0 Å². The van der Waals surface area contributed by atoms with Crippen molar-refractivity contribution in [3.8, 4) is 0 Å². The number of nitrogens with one attached hydrogen (secondary N) is 1. The molecule has 0 atom stereocenters. The Morgan fingerprint density at radius 1 is 0.778 bits per heavy atom. The topological polar surface area (TPSA) is 90.2 Å². The molecule has 0 bridgehead atoms. The monoisotopic (exact) mass is 387 g/mol. The molecular weight excluding hydrogens is 366 g/mol. The van der Waals surface area contributed by atoms with Gasteiger partial charge in [-0.05, 0) is 61.7 Å². The molecule has 0 unspecified atom stereocenters. The number of rotatable bonds is 3. The molecule has 0 fully saturated rings. The molecule has 0 saturated heterocycles. The summed E-state index contributed by atoms with van der Waals surface area (Å²) < 4.78 is 30.9. The van der Waals surface area contributed by atoms with E-state index >= 15 is 0 Å². The van der Waals surface area contributed by atoms with Crippen LogP contribution in [0.1, 0.15) is 16.7 Å². The van der Waals surface area contributed by atoms with E-state index in [4.69, 9.17) is 0 Å². The van der Waals surface area contributed by atoms with E-state index in [-0.39, 0.29) is 4.90 Å². The number of fused-ring (bicyclic) bond motifs is 1. The third-order valence-electron chi connectivity index (χ3n) is 4.55. The molecule has 0 radical (unpaired) electrons. The zero-order valence-electron chi connectivity index (χ0n) is 15.8. The third-order valence-corrected chi connectivity index (χ3v) is 6.07. The van der Waals surface area contributed by atoms with Crippen molar-refractivity contribution in [3.63, 3.8) is 0 Å². The Labute approximate surface area is 156 Å². The van der Waals surface area contributed by atoms with Gasteiger partial charge in [0.2, 0.25) is 0 Å². The molecule has 1 aromatic heterocycles. The molecule has 7 nitrogen and oxygen atoms in total. The molecular formula is C19H21N3O4S. The van der Waals surface area contributed by atoms with Crippen LogP contribution in [0.3, 0.4) is 0 Å². The van der Waals surface area contributed by atoms with Crippen LogP contribution in [-0.4, -0.2) is 17.6 Å². The predicted octanol–water partition coefficient (Wildman–Crippen LogP) is 1.96. The molecule has 3 aromatic rings. The van der Waals surface area contributed by atoms with E-state index in [0.717, 1.165) is 11.1 Å². The van der Waals surface area contributed by atoms with Crippen molar-refractivity contribution in [2.75, 3.05) is 4.72 Å². The zero-order chi connectivity index (χ0) is 20.1. The highest BCUT2D eigenvalue weighted by Gasteiger charge is 2.20. The number of aromatic nitrogens is 2. The summed E-state index contributed by atoms with van der Waals surface area (Å²) in [5.41, 5.74) is 2.33. The molecule has 2 aromatic carbocycles. The first-order chi connectivity index (χ1) is 12.5. The van der Waals surface area contributed by atoms with Gasteiger partial charge in [0.15, 0.2) is 0 Å². The van der Waals surface area contributed by atoms with Crippen LogP contribution in [0, 0.1) is 20.8 Å². The van der Waals surface area contributed by atoms with Crippen molar-refractivity contribution in [2.24, 2.45) is 14.1 Å². The lowest BCUT2D eigenvalue weighted by Gasteiger charge is -2.15. The summed E-state index contributed by atoms with van der Waals surface area (Å²) in [6.45, 7) is 5.44. The van der Waals surface area contributed by atoms with Crippen LogP contribution in [0.4, 0.5) is 5.69 Å². The van der Waals surface area contributed by atoms with Crippen molar-refractivity contribution >= 4 is 26.7 Å². The summed E-state index contributed by atoms with van der Waals surface area (Å²) in [5, 5.41) is 0. The van der Waals surface area contributed by atoms with Gasteiger partial charge >= 0.3 is 11.1 Å². The van der Waals surface area contributed by atoms with Crippen LogP contribution in [0.15, 0.2) is 44.8 Å². The average molecular weight is 387 g/mol. The summed E-state index contributed by atoms with van der Waals surface area (Å²) in [4.78, 5) is 24.1. The molecule has 0 aliphatic heterocycles. The molecule has 0 saturated carbocycles. The largest absolute Gasteiger partial charge is 0.316 e. The Morgan fingerprint density at radius 2 is 1.26 bits per heavy atom. The second-order valence-electron chi connectivity index (χ2n) is 6.82. The van der Waals surface area contributed by atoms with Gasteiger partial charge in [-0.2, -0.15) is 0 Å². The van der Waals surface area contributed by atoms with E-state index < -0.39 is 21.1 Å². The molecule has 27 heavy (non-hydrogen) atoms. The van der Waals surface area contributed by atoms with E-state index in [1.165, 1.54) is 29.3 Å². The fourth-order valence-corrected chi connectivity index (χ4v) is 4.53. The van der Waals surface area contributed by atoms with E-state index in [9.17, 15) is 18.0 Å². The maximum absolute atomic E-state index is 13.0. The van der Waals surface area contributed by atoms with E-state index in [2.05, 4.69) is 4.72 Å². The Hall–Kier alpha value is -2.87. The number of hydrogen-bond acceptors (Lipinski definition) is 4. The summed E-state index contributed by atoms with van der Waals surface area (Å²) in [6.07, 6.45) is 0. The molecule has 8 heteroatoms. The molecule has 0 aliphatic carbocycles. The number of anilines is 1. The van der Waals surface area contributed by atoms with Gasteiger partial charge in [-0.1, -0.05) is 6.07 Å². The van der Waals surface area contributed by atoms with Crippen molar-refractivity contribution in [1.82, 2.24) is 9.13 Å². The number of sulfonamides is 1. The quantitative estimate of drug-likeness (QED) is 0.696. The van der Waals surface area contributed by atoms with E-state index in [1.54, 1.807) is 25.1 Å². The first kappa shape index (κ1) is 18.9. The highest BCUT2D eigenvalue weighted by atomic mass is 32.2. The average Bonchev–Trinajstić information content (AvgIpc) is 2.56. The van der Waals surface area contributed by atoms with E-state index in [0.29, 0.717) is 22.3 Å². The first-order valence-corrected chi connectivity index (χ1v) is 9.81. The molecule has 0 aliphatic rings. The zero-order valence-corrected chi connectivity index (χ0v) is 16.6. The lowest BCUT2D eigenvalue weighted by Crippen LogP contribution is -2.39. The first-order valence-electron chi connectivity index (χ1n) is 8.33. The molecule has 0 spiro atoms. The van der Waals surface area contributed by atoms with Crippen LogP contribution in [-0.2, 0) is 24.1 Å². The van der Waals surface area contributed by atoms with Gasteiger partial charge in [-0.15, -0.1) is 0 Å². The maximum Gasteiger partial charge on any atom is 0.316 e.